The van der Waals surface area contributed by atoms with Gasteiger partial charge in [-0.15, -0.1) is 0 Å². The first-order valence-electron chi connectivity index (χ1n) is 5.63. The lowest BCUT2D eigenvalue weighted by atomic mass is 10.2. The van der Waals surface area contributed by atoms with Crippen LogP contribution in [0.15, 0.2) is 24.3 Å². The number of amides is 1. The Morgan fingerprint density at radius 1 is 1.50 bits per heavy atom. The van der Waals surface area contributed by atoms with Gasteiger partial charge in [0.05, 0.1) is 5.69 Å². The van der Waals surface area contributed by atoms with Crippen molar-refractivity contribution in [2.45, 2.75) is 26.4 Å². The molecule has 1 aromatic heterocycles. The Kier molecular flexibility index (Phi) is 5.16. The first-order valence-corrected chi connectivity index (χ1v) is 6.00. The maximum atomic E-state index is 11.3. The third-order valence-electron chi connectivity index (χ3n) is 1.79. The van der Waals surface area contributed by atoms with E-state index in [2.05, 4.69) is 10.3 Å². The van der Waals surface area contributed by atoms with Gasteiger partial charge in [-0.1, -0.05) is 23.7 Å². The molecule has 1 amide bonds. The summed E-state index contributed by atoms with van der Waals surface area (Å²) in [6.07, 6.45) is 3.12. The lowest BCUT2D eigenvalue weighted by Gasteiger charge is -2.19. The van der Waals surface area contributed by atoms with Gasteiger partial charge < -0.3 is 10.1 Å². The molecule has 0 saturated carbocycles. The van der Waals surface area contributed by atoms with Gasteiger partial charge in [-0.25, -0.2) is 9.78 Å². The number of alkyl carbamates (subject to hydrolysis) is 1. The van der Waals surface area contributed by atoms with Crippen molar-refractivity contribution >= 4 is 23.8 Å². The van der Waals surface area contributed by atoms with Gasteiger partial charge in [0.15, 0.2) is 0 Å². The predicted molar refractivity (Wildman–Crippen MR) is 72.5 cm³/mol. The van der Waals surface area contributed by atoms with Gasteiger partial charge >= 0.3 is 6.09 Å². The van der Waals surface area contributed by atoms with Crippen LogP contribution in [0.4, 0.5) is 4.79 Å². The van der Waals surface area contributed by atoms with Crippen molar-refractivity contribution in [2.75, 3.05) is 6.54 Å². The maximum absolute atomic E-state index is 11.3. The van der Waals surface area contributed by atoms with Crippen LogP contribution in [0.1, 0.15) is 26.5 Å². The van der Waals surface area contributed by atoms with Crippen LogP contribution in [0.25, 0.3) is 6.08 Å². The number of pyridine rings is 1. The normalized spacial score (nSPS) is 11.6. The summed E-state index contributed by atoms with van der Waals surface area (Å²) in [5, 5.41) is 3.06. The van der Waals surface area contributed by atoms with Crippen LogP contribution in [-0.4, -0.2) is 23.2 Å². The van der Waals surface area contributed by atoms with Crippen molar-refractivity contribution in [1.29, 1.82) is 0 Å². The molecule has 1 aromatic rings. The summed E-state index contributed by atoms with van der Waals surface area (Å²) in [4.78, 5) is 15.4. The van der Waals surface area contributed by atoms with Crippen molar-refractivity contribution < 1.29 is 9.53 Å². The molecule has 18 heavy (non-hydrogen) atoms. The lowest BCUT2D eigenvalue weighted by molar-refractivity contribution is 0.0534. The van der Waals surface area contributed by atoms with Crippen LogP contribution in [0.5, 0.6) is 0 Å². The quantitative estimate of drug-likeness (QED) is 0.856. The Bertz CT molecular complexity index is 439. The number of rotatable bonds is 3. The van der Waals surface area contributed by atoms with Crippen LogP contribution in [0, 0.1) is 0 Å². The molecule has 1 rings (SSSR count). The van der Waals surface area contributed by atoms with E-state index in [9.17, 15) is 4.79 Å². The minimum atomic E-state index is -0.484. The average molecular weight is 269 g/mol. The van der Waals surface area contributed by atoms with E-state index in [0.29, 0.717) is 11.7 Å². The van der Waals surface area contributed by atoms with Crippen LogP contribution in [0.2, 0.25) is 5.15 Å². The SMILES string of the molecule is CC(C)(C)OC(=O)NCC=Cc1cccc(Cl)n1. The Labute approximate surface area is 112 Å². The minimum Gasteiger partial charge on any atom is -0.444 e. The molecule has 0 radical (unpaired) electrons. The number of aromatic nitrogens is 1. The third kappa shape index (κ3) is 6.25. The van der Waals surface area contributed by atoms with Gasteiger partial charge in [0.25, 0.3) is 0 Å². The zero-order valence-corrected chi connectivity index (χ0v) is 11.5. The zero-order valence-electron chi connectivity index (χ0n) is 10.7. The van der Waals surface area contributed by atoms with E-state index in [1.54, 1.807) is 18.2 Å². The summed E-state index contributed by atoms with van der Waals surface area (Å²) >= 11 is 5.75. The summed E-state index contributed by atoms with van der Waals surface area (Å²) < 4.78 is 5.09. The van der Waals surface area contributed by atoms with Gasteiger partial charge in [0.1, 0.15) is 10.8 Å². The summed E-state index contributed by atoms with van der Waals surface area (Å²) in [5.74, 6) is 0. The molecule has 0 atom stereocenters. The Morgan fingerprint density at radius 2 is 2.22 bits per heavy atom. The number of hydrogen-bond acceptors (Lipinski definition) is 3. The Hall–Kier alpha value is -1.55. The van der Waals surface area contributed by atoms with Gasteiger partial charge in [0.2, 0.25) is 0 Å². The highest BCUT2D eigenvalue weighted by molar-refractivity contribution is 6.29. The first-order chi connectivity index (χ1) is 8.37. The monoisotopic (exact) mass is 268 g/mol. The standard InChI is InChI=1S/C13H17ClN2O2/c1-13(2,3)18-12(17)15-9-5-7-10-6-4-8-11(14)16-10/h4-8H,9H2,1-3H3,(H,15,17). The topological polar surface area (TPSA) is 51.2 Å². The molecular weight excluding hydrogens is 252 g/mol. The number of hydrogen-bond donors (Lipinski definition) is 1. The van der Waals surface area contributed by atoms with Crippen LogP contribution >= 0.6 is 11.6 Å². The molecule has 0 aliphatic rings. The fourth-order valence-electron chi connectivity index (χ4n) is 1.15. The molecule has 5 heteroatoms. The van der Waals surface area contributed by atoms with Gasteiger partial charge in [0, 0.05) is 6.54 Å². The molecule has 1 N–H and O–H groups in total. The van der Waals surface area contributed by atoms with Crippen molar-refractivity contribution in [1.82, 2.24) is 10.3 Å². The molecule has 1 heterocycles. The molecular formula is C13H17ClN2O2. The van der Waals surface area contributed by atoms with E-state index in [1.165, 1.54) is 0 Å². The lowest BCUT2D eigenvalue weighted by Crippen LogP contribution is -2.32. The highest BCUT2D eigenvalue weighted by atomic mass is 35.5. The zero-order chi connectivity index (χ0) is 13.6. The summed E-state index contributed by atoms with van der Waals surface area (Å²) in [6.45, 7) is 5.83. The second kappa shape index (κ2) is 6.40. The van der Waals surface area contributed by atoms with E-state index in [0.717, 1.165) is 5.69 Å². The van der Waals surface area contributed by atoms with E-state index in [4.69, 9.17) is 16.3 Å². The largest absolute Gasteiger partial charge is 0.444 e. The van der Waals surface area contributed by atoms with Gasteiger partial charge in [-0.05, 0) is 39.0 Å². The molecule has 0 spiro atoms. The first kappa shape index (κ1) is 14.5. The van der Waals surface area contributed by atoms with E-state index >= 15 is 0 Å². The minimum absolute atomic E-state index is 0.378. The number of nitrogens with one attached hydrogen (secondary N) is 1. The van der Waals surface area contributed by atoms with Crippen LogP contribution in [0.3, 0.4) is 0 Å². The average Bonchev–Trinajstić information content (AvgIpc) is 2.22. The van der Waals surface area contributed by atoms with Gasteiger partial charge in [-0.3, -0.25) is 0 Å². The number of nitrogens with zero attached hydrogens (tertiary/aromatic N) is 1. The molecule has 0 aliphatic heterocycles. The second-order valence-corrected chi connectivity index (χ2v) is 5.06. The highest BCUT2D eigenvalue weighted by Crippen LogP contribution is 2.07. The third-order valence-corrected chi connectivity index (χ3v) is 2.00. The fourth-order valence-corrected chi connectivity index (χ4v) is 1.32. The van der Waals surface area contributed by atoms with E-state index in [1.807, 2.05) is 32.9 Å². The van der Waals surface area contributed by atoms with Crippen molar-refractivity contribution in [3.63, 3.8) is 0 Å². The predicted octanol–water partition coefficient (Wildman–Crippen LogP) is 3.27. The molecule has 98 valence electrons. The molecule has 0 unspecified atom stereocenters. The summed E-state index contributed by atoms with van der Waals surface area (Å²) in [6, 6.07) is 5.35. The molecule has 0 fully saturated rings. The van der Waals surface area contributed by atoms with Gasteiger partial charge in [-0.2, -0.15) is 0 Å². The Balaban J connectivity index is 2.36. The molecule has 0 aliphatic carbocycles. The fraction of sp³-hybridized carbons (Fsp3) is 0.385. The van der Waals surface area contributed by atoms with Crippen molar-refractivity contribution in [3.05, 3.63) is 35.1 Å². The Morgan fingerprint density at radius 3 is 2.83 bits per heavy atom. The van der Waals surface area contributed by atoms with Crippen LogP contribution < -0.4 is 5.32 Å². The molecule has 0 bridgehead atoms. The maximum Gasteiger partial charge on any atom is 0.407 e. The number of halogens is 1. The highest BCUT2D eigenvalue weighted by Gasteiger charge is 2.14. The van der Waals surface area contributed by atoms with Crippen molar-refractivity contribution in [3.8, 4) is 0 Å². The molecule has 0 aromatic carbocycles. The number of ether oxygens (including phenoxy) is 1. The van der Waals surface area contributed by atoms with Crippen molar-refractivity contribution in [2.24, 2.45) is 0 Å². The summed E-state index contributed by atoms with van der Waals surface area (Å²) in [5.41, 5.74) is 0.260. The number of carbonyl (C=O) groups is 1. The van der Waals surface area contributed by atoms with E-state index in [-0.39, 0.29) is 0 Å². The van der Waals surface area contributed by atoms with E-state index < -0.39 is 11.7 Å². The second-order valence-electron chi connectivity index (χ2n) is 4.67. The summed E-state index contributed by atoms with van der Waals surface area (Å²) in [7, 11) is 0. The smallest absolute Gasteiger partial charge is 0.407 e. The molecule has 4 nitrogen and oxygen atoms in total. The van der Waals surface area contributed by atoms with Crippen LogP contribution in [-0.2, 0) is 4.74 Å². The molecule has 0 saturated heterocycles. The number of carbonyl (C=O) groups excluding carboxylic acids is 1.